The molecule has 0 aliphatic rings. The van der Waals surface area contributed by atoms with Crippen LogP contribution in [0.2, 0.25) is 0 Å². The second kappa shape index (κ2) is 19.9. The molecule has 1 aromatic carbocycles. The summed E-state index contributed by atoms with van der Waals surface area (Å²) in [6.45, 7) is 28.3. The Labute approximate surface area is 253 Å². The molecule has 0 aliphatic heterocycles. The minimum absolute atomic E-state index is 0.343. The average molecular weight is 556 g/mol. The first-order valence-electron chi connectivity index (χ1n) is 15.9. The Morgan fingerprint density at radius 3 is 2.27 bits per heavy atom. The van der Waals surface area contributed by atoms with Crippen LogP contribution >= 0.6 is 0 Å². The monoisotopic (exact) mass is 555 g/mol. The van der Waals surface area contributed by atoms with Gasteiger partial charge in [0.15, 0.2) is 0 Å². The second-order valence-electron chi connectivity index (χ2n) is 11.2. The number of allylic oxidation sites excluding steroid dienone is 7. The maximum atomic E-state index is 6.70. The van der Waals surface area contributed by atoms with Crippen LogP contribution in [0.25, 0.3) is 5.57 Å². The van der Waals surface area contributed by atoms with Crippen molar-refractivity contribution in [2.45, 2.75) is 120 Å². The lowest BCUT2D eigenvalue weighted by molar-refractivity contribution is 0.417. The molecule has 0 heterocycles. The number of hydrogen-bond acceptors (Lipinski definition) is 2. The van der Waals surface area contributed by atoms with Crippen molar-refractivity contribution < 1.29 is 4.74 Å². The van der Waals surface area contributed by atoms with E-state index in [1.54, 1.807) is 0 Å². The zero-order valence-electron chi connectivity index (χ0n) is 27.8. The van der Waals surface area contributed by atoms with Crippen molar-refractivity contribution in [1.29, 1.82) is 0 Å². The van der Waals surface area contributed by atoms with Crippen molar-refractivity contribution in [3.8, 4) is 17.6 Å². The van der Waals surface area contributed by atoms with Crippen molar-refractivity contribution >= 4 is 11.3 Å². The van der Waals surface area contributed by atoms with Gasteiger partial charge in [-0.15, -0.1) is 0 Å². The molecular formula is C39H57NO. The van der Waals surface area contributed by atoms with Gasteiger partial charge in [0, 0.05) is 29.3 Å². The fourth-order valence-electron chi connectivity index (χ4n) is 4.31. The van der Waals surface area contributed by atoms with E-state index in [4.69, 9.17) is 9.73 Å². The predicted octanol–water partition coefficient (Wildman–Crippen LogP) is 12.0. The number of ether oxygens (including phenoxy) is 1. The smallest absolute Gasteiger partial charge is 0.219 e. The fraction of sp³-hybridized carbons (Fsp3) is 0.513. The minimum atomic E-state index is 0.343. The highest BCUT2D eigenvalue weighted by Gasteiger charge is 2.14. The summed E-state index contributed by atoms with van der Waals surface area (Å²) in [5, 5.41) is 0. The van der Waals surface area contributed by atoms with Crippen LogP contribution in [0.5, 0.6) is 5.75 Å². The molecule has 224 valence electrons. The molecule has 0 aliphatic carbocycles. The fourth-order valence-corrected chi connectivity index (χ4v) is 4.31. The molecule has 0 spiro atoms. The second-order valence-corrected chi connectivity index (χ2v) is 11.2. The normalized spacial score (nSPS) is 14.5. The van der Waals surface area contributed by atoms with E-state index in [9.17, 15) is 0 Å². The Morgan fingerprint density at radius 1 is 0.976 bits per heavy atom. The quantitative estimate of drug-likeness (QED) is 0.0616. The molecule has 1 rings (SSSR count). The summed E-state index contributed by atoms with van der Waals surface area (Å²) in [5.41, 5.74) is 7.85. The van der Waals surface area contributed by atoms with Crippen molar-refractivity contribution in [2.75, 3.05) is 0 Å². The van der Waals surface area contributed by atoms with Crippen molar-refractivity contribution in [2.24, 2.45) is 16.8 Å². The number of benzene rings is 1. The highest BCUT2D eigenvalue weighted by Crippen LogP contribution is 2.33. The Bertz CT molecular complexity index is 1180. The Morgan fingerprint density at radius 2 is 1.68 bits per heavy atom. The van der Waals surface area contributed by atoms with Crippen LogP contribution in [0.3, 0.4) is 0 Å². The zero-order valence-corrected chi connectivity index (χ0v) is 27.8. The van der Waals surface area contributed by atoms with E-state index in [2.05, 4.69) is 106 Å². The van der Waals surface area contributed by atoms with E-state index < -0.39 is 0 Å². The molecule has 0 aromatic heterocycles. The molecule has 0 fully saturated rings. The minimum Gasteiger partial charge on any atom is -0.438 e. The molecule has 0 bridgehead atoms. The Kier molecular flexibility index (Phi) is 17.5. The molecule has 2 heteroatoms. The van der Waals surface area contributed by atoms with Crippen LogP contribution in [0.1, 0.15) is 131 Å². The lowest BCUT2D eigenvalue weighted by atomic mass is 9.95. The van der Waals surface area contributed by atoms with Crippen LogP contribution in [-0.2, 0) is 0 Å². The van der Waals surface area contributed by atoms with E-state index in [-0.39, 0.29) is 0 Å². The van der Waals surface area contributed by atoms with Gasteiger partial charge in [-0.3, -0.25) is 0 Å². The Hall–Kier alpha value is -3.05. The van der Waals surface area contributed by atoms with Crippen LogP contribution < -0.4 is 4.74 Å². The van der Waals surface area contributed by atoms with Crippen LogP contribution in [0.4, 0.5) is 0 Å². The maximum absolute atomic E-state index is 6.70. The number of aliphatic imine (C=N–C) groups is 1. The molecule has 2 unspecified atom stereocenters. The lowest BCUT2D eigenvalue weighted by Crippen LogP contribution is -2.08. The van der Waals surface area contributed by atoms with E-state index in [0.29, 0.717) is 17.7 Å². The molecule has 0 saturated carbocycles. The third-order valence-corrected chi connectivity index (χ3v) is 7.92. The van der Waals surface area contributed by atoms with Gasteiger partial charge < -0.3 is 4.74 Å². The molecule has 41 heavy (non-hydrogen) atoms. The highest BCUT2D eigenvalue weighted by molar-refractivity contribution is 5.85. The van der Waals surface area contributed by atoms with Gasteiger partial charge in [0.1, 0.15) is 5.75 Å². The summed E-state index contributed by atoms with van der Waals surface area (Å²) in [6.07, 6.45) is 16.0. The van der Waals surface area contributed by atoms with Crippen LogP contribution in [0, 0.1) is 23.7 Å². The van der Waals surface area contributed by atoms with Gasteiger partial charge >= 0.3 is 0 Å². The first-order chi connectivity index (χ1) is 19.6. The third kappa shape index (κ3) is 12.6. The van der Waals surface area contributed by atoms with E-state index in [0.717, 1.165) is 72.3 Å². The third-order valence-electron chi connectivity index (χ3n) is 7.92. The number of hydrogen-bond donors (Lipinski definition) is 0. The molecule has 0 radical (unpaired) electrons. The summed E-state index contributed by atoms with van der Waals surface area (Å²) in [6, 6.07) is 6.25. The molecular weight excluding hydrogens is 498 g/mol. The molecule has 2 atom stereocenters. The van der Waals surface area contributed by atoms with Gasteiger partial charge in [-0.25, -0.2) is 4.99 Å². The van der Waals surface area contributed by atoms with Crippen molar-refractivity contribution in [3.63, 3.8) is 0 Å². The van der Waals surface area contributed by atoms with Crippen molar-refractivity contribution in [1.82, 2.24) is 0 Å². The molecule has 2 nitrogen and oxygen atoms in total. The zero-order chi connectivity index (χ0) is 30.8. The van der Waals surface area contributed by atoms with Gasteiger partial charge in [0.2, 0.25) is 5.88 Å². The SMILES string of the molecule is C=C/C(=C\C(CC)=C(/C)CCCCC)c1ccc(C#CCCC)cc1OC(=C/C(=C)C(C)CC)/N=C(/C)C(C)CC. The summed E-state index contributed by atoms with van der Waals surface area (Å²) in [7, 11) is 0. The largest absolute Gasteiger partial charge is 0.438 e. The van der Waals surface area contributed by atoms with Gasteiger partial charge in [-0.2, -0.15) is 0 Å². The van der Waals surface area contributed by atoms with Crippen molar-refractivity contribution in [3.05, 3.63) is 83.3 Å². The van der Waals surface area contributed by atoms with E-state index >= 15 is 0 Å². The number of nitrogens with zero attached hydrogens (tertiary/aromatic N) is 1. The first kappa shape index (κ1) is 36.0. The molecule has 0 amide bonds. The summed E-state index contributed by atoms with van der Waals surface area (Å²) >= 11 is 0. The van der Waals surface area contributed by atoms with E-state index in [1.807, 2.05) is 18.2 Å². The van der Waals surface area contributed by atoms with E-state index in [1.165, 1.54) is 30.4 Å². The molecule has 0 N–H and O–H groups in total. The Balaban J connectivity index is 3.81. The summed E-state index contributed by atoms with van der Waals surface area (Å²) in [4.78, 5) is 4.98. The first-order valence-corrected chi connectivity index (χ1v) is 15.9. The van der Waals surface area contributed by atoms with Gasteiger partial charge in [0.05, 0.1) is 0 Å². The molecule has 0 saturated heterocycles. The molecule has 1 aromatic rings. The van der Waals surface area contributed by atoms with Gasteiger partial charge in [-0.05, 0) is 99.1 Å². The number of rotatable bonds is 17. The summed E-state index contributed by atoms with van der Waals surface area (Å²) in [5.74, 6) is 8.61. The maximum Gasteiger partial charge on any atom is 0.219 e. The van der Waals surface area contributed by atoms with Crippen LogP contribution in [-0.4, -0.2) is 5.71 Å². The lowest BCUT2D eigenvalue weighted by Gasteiger charge is -2.17. The number of unbranched alkanes of at least 4 members (excludes halogenated alkanes) is 3. The average Bonchev–Trinajstić information content (AvgIpc) is 2.97. The van der Waals surface area contributed by atoms with Gasteiger partial charge in [0.25, 0.3) is 0 Å². The standard InChI is InChI=1S/C39H57NO/c1-12-18-20-22-31(9)35(16-5)28-36(17-6)37-25-24-34(23-21-19-13-2)27-38(37)41-39(26-32(10)29(7)14-3)40-33(11)30(8)15-4/h17,24-30H,6,10,12-16,18-20,22H2,1-5,7-9,11H3/b35-31+,36-28+,39-26+,40-33-. The highest BCUT2D eigenvalue weighted by atomic mass is 16.5. The van der Waals surface area contributed by atoms with Gasteiger partial charge in [-0.1, -0.05) is 104 Å². The predicted molar refractivity (Wildman–Crippen MR) is 183 cm³/mol. The van der Waals surface area contributed by atoms with Crippen LogP contribution in [0.15, 0.2) is 77.2 Å². The summed E-state index contributed by atoms with van der Waals surface area (Å²) < 4.78 is 6.70. The topological polar surface area (TPSA) is 21.6 Å².